The Morgan fingerprint density at radius 3 is 2.85 bits per heavy atom. The lowest BCUT2D eigenvalue weighted by atomic mass is 10.2. The van der Waals surface area contributed by atoms with Gasteiger partial charge in [-0.15, -0.1) is 11.3 Å². The summed E-state index contributed by atoms with van der Waals surface area (Å²) in [6.45, 7) is 0.808. The van der Waals surface area contributed by atoms with Gasteiger partial charge in [0.1, 0.15) is 0 Å². The molecule has 0 aliphatic heterocycles. The van der Waals surface area contributed by atoms with E-state index >= 15 is 0 Å². The average Bonchev–Trinajstić information content (AvgIpc) is 3.08. The number of hydrogen-bond donors (Lipinski definition) is 1. The maximum Gasteiger partial charge on any atom is 0.0991 e. The number of halogens is 2. The molecule has 0 saturated carbocycles. The number of aromatic nitrogens is 2. The van der Waals surface area contributed by atoms with Crippen LogP contribution in [0, 0.1) is 0 Å². The van der Waals surface area contributed by atoms with Crippen LogP contribution in [0.4, 0.5) is 5.69 Å². The van der Waals surface area contributed by atoms with E-state index < -0.39 is 0 Å². The van der Waals surface area contributed by atoms with Crippen molar-refractivity contribution in [1.82, 2.24) is 9.55 Å². The van der Waals surface area contributed by atoms with Crippen LogP contribution >= 0.6 is 43.2 Å². The van der Waals surface area contributed by atoms with E-state index in [0.717, 1.165) is 26.2 Å². The molecule has 0 unspecified atom stereocenters. The zero-order valence-electron chi connectivity index (χ0n) is 10.4. The van der Waals surface area contributed by atoms with Gasteiger partial charge in [-0.2, -0.15) is 0 Å². The van der Waals surface area contributed by atoms with Crippen LogP contribution in [-0.2, 0) is 6.54 Å². The van der Waals surface area contributed by atoms with Crippen LogP contribution in [0.3, 0.4) is 0 Å². The molecule has 2 aromatic heterocycles. The third-order valence-corrected chi connectivity index (χ3v) is 6.07. The lowest BCUT2D eigenvalue weighted by Gasteiger charge is -2.08. The SMILES string of the molecule is Brc1cc(CNc2cccc(-n3ccnc3)c2)sc1Br. The summed E-state index contributed by atoms with van der Waals surface area (Å²) in [6, 6.07) is 10.4. The molecular formula is C14H11Br2N3S. The molecule has 20 heavy (non-hydrogen) atoms. The lowest BCUT2D eigenvalue weighted by Crippen LogP contribution is -1.98. The van der Waals surface area contributed by atoms with E-state index in [2.05, 4.69) is 66.4 Å². The fourth-order valence-electron chi connectivity index (χ4n) is 1.86. The summed E-state index contributed by atoms with van der Waals surface area (Å²) < 4.78 is 4.22. The average molecular weight is 413 g/mol. The monoisotopic (exact) mass is 411 g/mol. The molecule has 3 rings (SSSR count). The fourth-order valence-corrected chi connectivity index (χ4v) is 3.97. The van der Waals surface area contributed by atoms with E-state index in [1.807, 2.05) is 16.8 Å². The van der Waals surface area contributed by atoms with Crippen molar-refractivity contribution in [3.8, 4) is 5.69 Å². The standard InChI is InChI=1S/C14H11Br2N3S/c15-13-7-12(20-14(13)16)8-18-10-2-1-3-11(6-10)19-5-4-17-9-19/h1-7,9,18H,8H2. The summed E-state index contributed by atoms with van der Waals surface area (Å²) in [5, 5.41) is 3.44. The Hall–Kier alpha value is -1.11. The second kappa shape index (κ2) is 6.11. The van der Waals surface area contributed by atoms with Crippen LogP contribution < -0.4 is 5.32 Å². The van der Waals surface area contributed by atoms with E-state index in [1.54, 1.807) is 23.9 Å². The molecule has 2 heterocycles. The van der Waals surface area contributed by atoms with Gasteiger partial charge in [-0.1, -0.05) is 6.07 Å². The first-order valence-corrected chi connectivity index (χ1v) is 8.38. The summed E-state index contributed by atoms with van der Waals surface area (Å²) >= 11 is 8.75. The summed E-state index contributed by atoms with van der Waals surface area (Å²) in [6.07, 6.45) is 5.51. The van der Waals surface area contributed by atoms with E-state index in [4.69, 9.17) is 0 Å². The zero-order chi connectivity index (χ0) is 13.9. The van der Waals surface area contributed by atoms with Crippen LogP contribution in [0.15, 0.2) is 57.3 Å². The number of imidazole rings is 1. The highest BCUT2D eigenvalue weighted by atomic mass is 79.9. The number of anilines is 1. The number of hydrogen-bond acceptors (Lipinski definition) is 3. The van der Waals surface area contributed by atoms with E-state index in [1.165, 1.54) is 4.88 Å². The van der Waals surface area contributed by atoms with Crippen molar-refractivity contribution in [2.24, 2.45) is 0 Å². The van der Waals surface area contributed by atoms with Gasteiger partial charge in [-0.3, -0.25) is 0 Å². The molecule has 3 nitrogen and oxygen atoms in total. The van der Waals surface area contributed by atoms with E-state index in [9.17, 15) is 0 Å². The van der Waals surface area contributed by atoms with Crippen molar-refractivity contribution >= 4 is 48.9 Å². The molecule has 102 valence electrons. The minimum atomic E-state index is 0.808. The van der Waals surface area contributed by atoms with Gasteiger partial charge in [-0.25, -0.2) is 4.98 Å². The zero-order valence-corrected chi connectivity index (χ0v) is 14.4. The normalized spacial score (nSPS) is 10.7. The first-order chi connectivity index (χ1) is 9.72. The summed E-state index contributed by atoms with van der Waals surface area (Å²) in [4.78, 5) is 5.34. The van der Waals surface area contributed by atoms with Gasteiger partial charge in [0.05, 0.1) is 10.1 Å². The van der Waals surface area contributed by atoms with Crippen molar-refractivity contribution in [3.63, 3.8) is 0 Å². The van der Waals surface area contributed by atoms with Crippen molar-refractivity contribution < 1.29 is 0 Å². The third kappa shape index (κ3) is 3.13. The molecule has 0 aliphatic carbocycles. The van der Waals surface area contributed by atoms with Crippen LogP contribution in [0.2, 0.25) is 0 Å². The van der Waals surface area contributed by atoms with Gasteiger partial charge in [-0.05, 0) is 56.1 Å². The van der Waals surface area contributed by atoms with Crippen molar-refractivity contribution in [2.75, 3.05) is 5.32 Å². The maximum atomic E-state index is 4.07. The topological polar surface area (TPSA) is 29.9 Å². The number of rotatable bonds is 4. The molecule has 0 amide bonds. The lowest BCUT2D eigenvalue weighted by molar-refractivity contribution is 1.05. The van der Waals surface area contributed by atoms with Crippen LogP contribution in [-0.4, -0.2) is 9.55 Å². The highest BCUT2D eigenvalue weighted by Crippen LogP contribution is 2.32. The van der Waals surface area contributed by atoms with Crippen LogP contribution in [0.5, 0.6) is 0 Å². The van der Waals surface area contributed by atoms with Crippen LogP contribution in [0.25, 0.3) is 5.69 Å². The largest absolute Gasteiger partial charge is 0.380 e. The molecule has 0 radical (unpaired) electrons. The van der Waals surface area contributed by atoms with Gasteiger partial charge in [0, 0.05) is 39.7 Å². The minimum Gasteiger partial charge on any atom is -0.380 e. The summed E-state index contributed by atoms with van der Waals surface area (Å²) in [7, 11) is 0. The Morgan fingerprint density at radius 1 is 1.25 bits per heavy atom. The molecule has 0 saturated heterocycles. The molecule has 0 spiro atoms. The maximum absolute atomic E-state index is 4.07. The predicted molar refractivity (Wildman–Crippen MR) is 90.6 cm³/mol. The van der Waals surface area contributed by atoms with Gasteiger partial charge in [0.15, 0.2) is 0 Å². The third-order valence-electron chi connectivity index (χ3n) is 2.81. The van der Waals surface area contributed by atoms with Gasteiger partial charge in [0.2, 0.25) is 0 Å². The molecule has 0 bridgehead atoms. The Kier molecular flexibility index (Phi) is 4.24. The Balaban J connectivity index is 1.73. The molecule has 3 aromatic rings. The molecule has 1 aromatic carbocycles. The molecule has 0 atom stereocenters. The number of thiophene rings is 1. The fraction of sp³-hybridized carbons (Fsp3) is 0.0714. The molecule has 6 heteroatoms. The predicted octanol–water partition coefficient (Wildman–Crippen LogP) is 5.07. The Bertz CT molecular complexity index is 688. The highest BCUT2D eigenvalue weighted by Gasteiger charge is 2.04. The summed E-state index contributed by atoms with van der Waals surface area (Å²) in [5.41, 5.74) is 2.19. The van der Waals surface area contributed by atoms with Crippen LogP contribution in [0.1, 0.15) is 4.88 Å². The van der Waals surface area contributed by atoms with Gasteiger partial charge >= 0.3 is 0 Å². The molecule has 1 N–H and O–H groups in total. The Labute approximate surface area is 137 Å². The minimum absolute atomic E-state index is 0.808. The second-order valence-electron chi connectivity index (χ2n) is 4.21. The smallest absolute Gasteiger partial charge is 0.0991 e. The Morgan fingerprint density at radius 2 is 2.15 bits per heavy atom. The molecular weight excluding hydrogens is 402 g/mol. The van der Waals surface area contributed by atoms with Crippen molar-refractivity contribution in [1.29, 1.82) is 0 Å². The van der Waals surface area contributed by atoms with E-state index in [-0.39, 0.29) is 0 Å². The number of nitrogens with zero attached hydrogens (tertiary/aromatic N) is 2. The van der Waals surface area contributed by atoms with E-state index in [0.29, 0.717) is 0 Å². The quantitative estimate of drug-likeness (QED) is 0.648. The van der Waals surface area contributed by atoms with Gasteiger partial charge < -0.3 is 9.88 Å². The number of benzene rings is 1. The first kappa shape index (κ1) is 13.9. The second-order valence-corrected chi connectivity index (χ2v) is 7.52. The van der Waals surface area contributed by atoms with Gasteiger partial charge in [0.25, 0.3) is 0 Å². The van der Waals surface area contributed by atoms with Crippen molar-refractivity contribution in [2.45, 2.75) is 6.54 Å². The number of nitrogens with one attached hydrogen (secondary N) is 1. The first-order valence-electron chi connectivity index (χ1n) is 5.98. The summed E-state index contributed by atoms with van der Waals surface area (Å²) in [5.74, 6) is 0. The van der Waals surface area contributed by atoms with Crippen molar-refractivity contribution in [3.05, 3.63) is 62.2 Å². The molecule has 0 aliphatic rings. The highest BCUT2D eigenvalue weighted by molar-refractivity contribution is 9.13. The molecule has 0 fully saturated rings.